The van der Waals surface area contributed by atoms with E-state index in [1.165, 1.54) is 6.07 Å². The highest BCUT2D eigenvalue weighted by atomic mass is 79.9. The van der Waals surface area contributed by atoms with Crippen molar-refractivity contribution in [1.29, 1.82) is 0 Å². The molecule has 4 nitrogen and oxygen atoms in total. The summed E-state index contributed by atoms with van der Waals surface area (Å²) in [5.74, 6) is -1.07. The molecule has 0 heterocycles. The zero-order valence-electron chi connectivity index (χ0n) is 13.2. The highest BCUT2D eigenvalue weighted by molar-refractivity contribution is 9.10. The summed E-state index contributed by atoms with van der Waals surface area (Å²) >= 11 is 3.35. The Bertz CT molecular complexity index is 750. The van der Waals surface area contributed by atoms with E-state index < -0.39 is 5.91 Å². The molecule has 6 heteroatoms. The van der Waals surface area contributed by atoms with Crippen LogP contribution < -0.4 is 10.6 Å². The molecule has 0 aliphatic rings. The van der Waals surface area contributed by atoms with Crippen LogP contribution in [0.3, 0.4) is 0 Å². The lowest BCUT2D eigenvalue weighted by molar-refractivity contribution is -0.126. The molecule has 0 bridgehead atoms. The number of halogens is 2. The van der Waals surface area contributed by atoms with Gasteiger partial charge in [-0.25, -0.2) is 4.39 Å². The Hall–Kier alpha value is -2.21. The summed E-state index contributed by atoms with van der Waals surface area (Å²) in [6, 6.07) is 11.9. The van der Waals surface area contributed by atoms with Crippen molar-refractivity contribution in [2.45, 2.75) is 19.8 Å². The zero-order valence-corrected chi connectivity index (χ0v) is 14.8. The lowest BCUT2D eigenvalue weighted by Crippen LogP contribution is -2.29. The first-order valence-corrected chi connectivity index (χ1v) is 8.31. The predicted molar refractivity (Wildman–Crippen MR) is 95.2 cm³/mol. The van der Waals surface area contributed by atoms with Gasteiger partial charge < -0.3 is 10.6 Å². The van der Waals surface area contributed by atoms with Gasteiger partial charge in [0, 0.05) is 16.7 Å². The predicted octanol–water partition coefficient (Wildman–Crippen LogP) is 3.58. The summed E-state index contributed by atoms with van der Waals surface area (Å²) in [5, 5.41) is 5.33. The smallest absolute Gasteiger partial charge is 0.233 e. The average molecular weight is 393 g/mol. The van der Waals surface area contributed by atoms with Gasteiger partial charge in [-0.05, 0) is 48.7 Å². The molecule has 126 valence electrons. The van der Waals surface area contributed by atoms with E-state index in [2.05, 4.69) is 26.6 Å². The third-order valence-corrected chi connectivity index (χ3v) is 3.95. The molecule has 0 fully saturated rings. The van der Waals surface area contributed by atoms with Crippen LogP contribution in [0.2, 0.25) is 0 Å². The van der Waals surface area contributed by atoms with E-state index in [1.54, 1.807) is 24.3 Å². The van der Waals surface area contributed by atoms with Gasteiger partial charge in [-0.2, -0.15) is 0 Å². The molecule has 24 heavy (non-hydrogen) atoms. The molecule has 0 saturated carbocycles. The molecular formula is C18H18BrFN2O2. The maximum absolute atomic E-state index is 13.5. The summed E-state index contributed by atoms with van der Waals surface area (Å²) in [6.45, 7) is 2.15. The highest BCUT2D eigenvalue weighted by Crippen LogP contribution is 2.20. The quantitative estimate of drug-likeness (QED) is 0.738. The molecule has 2 aromatic carbocycles. The van der Waals surface area contributed by atoms with Crippen molar-refractivity contribution < 1.29 is 14.0 Å². The van der Waals surface area contributed by atoms with Gasteiger partial charge in [-0.15, -0.1) is 0 Å². The van der Waals surface area contributed by atoms with Gasteiger partial charge in [0.1, 0.15) is 12.2 Å². The van der Waals surface area contributed by atoms with Crippen LogP contribution in [0.5, 0.6) is 0 Å². The summed E-state index contributed by atoms with van der Waals surface area (Å²) in [4.78, 5) is 23.7. The lowest BCUT2D eigenvalue weighted by atomic mass is 10.1. The molecule has 0 radical (unpaired) electrons. The standard InChI is InChI=1S/C18H18BrFN2O2/c1-12-10-14(19)6-7-16(12)22-18(24)11-17(23)21-9-8-13-4-2-3-5-15(13)20/h2-7,10H,8-9,11H2,1H3,(H,21,23)(H,22,24). The average Bonchev–Trinajstić information content (AvgIpc) is 2.52. The maximum atomic E-state index is 13.5. The van der Waals surface area contributed by atoms with Crippen LogP contribution in [0.4, 0.5) is 10.1 Å². The topological polar surface area (TPSA) is 58.2 Å². The number of carbonyl (C=O) groups excluding carboxylic acids is 2. The van der Waals surface area contributed by atoms with Crippen LogP contribution in [0.25, 0.3) is 0 Å². The third kappa shape index (κ3) is 5.45. The molecular weight excluding hydrogens is 375 g/mol. The summed E-state index contributed by atoms with van der Waals surface area (Å²) < 4.78 is 14.4. The normalized spacial score (nSPS) is 10.3. The van der Waals surface area contributed by atoms with E-state index in [9.17, 15) is 14.0 Å². The third-order valence-electron chi connectivity index (χ3n) is 3.46. The summed E-state index contributed by atoms with van der Waals surface area (Å²) in [5.41, 5.74) is 2.10. The molecule has 0 aromatic heterocycles. The number of rotatable bonds is 6. The molecule has 0 spiro atoms. The van der Waals surface area contributed by atoms with E-state index in [0.717, 1.165) is 10.0 Å². The Morgan fingerprint density at radius 1 is 1.12 bits per heavy atom. The van der Waals surface area contributed by atoms with Crippen LogP contribution >= 0.6 is 15.9 Å². The van der Waals surface area contributed by atoms with Crippen molar-refractivity contribution in [3.63, 3.8) is 0 Å². The fourth-order valence-electron chi connectivity index (χ4n) is 2.21. The van der Waals surface area contributed by atoms with Crippen molar-refractivity contribution in [3.05, 3.63) is 63.9 Å². The fraction of sp³-hybridized carbons (Fsp3) is 0.222. The number of nitrogens with one attached hydrogen (secondary N) is 2. The largest absolute Gasteiger partial charge is 0.355 e. The Kier molecular flexibility index (Phi) is 6.49. The van der Waals surface area contributed by atoms with Crippen LogP contribution in [0, 0.1) is 12.7 Å². The second-order valence-corrected chi connectivity index (χ2v) is 6.29. The number of hydrogen-bond donors (Lipinski definition) is 2. The van der Waals surface area contributed by atoms with Crippen LogP contribution in [-0.4, -0.2) is 18.4 Å². The van der Waals surface area contributed by atoms with Gasteiger partial charge in [-0.3, -0.25) is 9.59 Å². The van der Waals surface area contributed by atoms with Crippen LogP contribution in [0.1, 0.15) is 17.5 Å². The molecule has 0 aliphatic heterocycles. The monoisotopic (exact) mass is 392 g/mol. The number of carbonyl (C=O) groups is 2. The second-order valence-electron chi connectivity index (χ2n) is 5.38. The Morgan fingerprint density at radius 3 is 2.58 bits per heavy atom. The molecule has 0 unspecified atom stereocenters. The Morgan fingerprint density at radius 2 is 1.88 bits per heavy atom. The molecule has 0 atom stereocenters. The van der Waals surface area contributed by atoms with E-state index >= 15 is 0 Å². The minimum Gasteiger partial charge on any atom is -0.355 e. The molecule has 2 N–H and O–H groups in total. The number of benzene rings is 2. The first kappa shape index (κ1) is 18.1. The first-order valence-electron chi connectivity index (χ1n) is 7.52. The SMILES string of the molecule is Cc1cc(Br)ccc1NC(=O)CC(=O)NCCc1ccccc1F. The molecule has 0 aliphatic carbocycles. The van der Waals surface area contributed by atoms with Crippen molar-refractivity contribution in [2.75, 3.05) is 11.9 Å². The van der Waals surface area contributed by atoms with Crippen LogP contribution in [0.15, 0.2) is 46.9 Å². The first-order chi connectivity index (χ1) is 11.5. The molecule has 2 aromatic rings. The maximum Gasteiger partial charge on any atom is 0.233 e. The minimum atomic E-state index is -0.390. The second kappa shape index (κ2) is 8.59. The fourth-order valence-corrected chi connectivity index (χ4v) is 2.68. The number of amides is 2. The van der Waals surface area contributed by atoms with E-state index in [4.69, 9.17) is 0 Å². The number of aryl methyl sites for hydroxylation is 1. The Balaban J connectivity index is 1.77. The molecule has 2 rings (SSSR count). The van der Waals surface area contributed by atoms with Crippen molar-refractivity contribution in [2.24, 2.45) is 0 Å². The Labute approximate surface area is 148 Å². The minimum absolute atomic E-state index is 0.271. The molecule has 0 saturated heterocycles. The van der Waals surface area contributed by atoms with Gasteiger partial charge in [0.15, 0.2) is 0 Å². The van der Waals surface area contributed by atoms with Crippen molar-refractivity contribution >= 4 is 33.4 Å². The summed E-state index contributed by atoms with van der Waals surface area (Å²) in [7, 11) is 0. The molecule has 2 amide bonds. The zero-order chi connectivity index (χ0) is 17.5. The van der Waals surface area contributed by atoms with Gasteiger partial charge >= 0.3 is 0 Å². The van der Waals surface area contributed by atoms with Gasteiger partial charge in [-0.1, -0.05) is 34.1 Å². The van der Waals surface area contributed by atoms with Gasteiger partial charge in [0.05, 0.1) is 0 Å². The van der Waals surface area contributed by atoms with E-state index in [-0.39, 0.29) is 24.7 Å². The van der Waals surface area contributed by atoms with Crippen molar-refractivity contribution in [1.82, 2.24) is 5.32 Å². The lowest BCUT2D eigenvalue weighted by Gasteiger charge is -2.09. The number of hydrogen-bond acceptors (Lipinski definition) is 2. The highest BCUT2D eigenvalue weighted by Gasteiger charge is 2.11. The van der Waals surface area contributed by atoms with E-state index in [1.807, 2.05) is 19.1 Å². The van der Waals surface area contributed by atoms with E-state index in [0.29, 0.717) is 17.7 Å². The van der Waals surface area contributed by atoms with Crippen molar-refractivity contribution in [3.8, 4) is 0 Å². The van der Waals surface area contributed by atoms with Gasteiger partial charge in [0.25, 0.3) is 0 Å². The number of anilines is 1. The van der Waals surface area contributed by atoms with Crippen LogP contribution in [-0.2, 0) is 16.0 Å². The van der Waals surface area contributed by atoms with Gasteiger partial charge in [0.2, 0.25) is 11.8 Å². The summed E-state index contributed by atoms with van der Waals surface area (Å²) in [6.07, 6.45) is 0.110.